The van der Waals surface area contributed by atoms with Crippen LogP contribution >= 0.6 is 0 Å². The molecule has 2 saturated heterocycles. The third-order valence-electron chi connectivity index (χ3n) is 2.60. The zero-order chi connectivity index (χ0) is 10.7. The molecule has 2 fully saturated rings. The monoisotopic (exact) mass is 213 g/mol. The van der Waals surface area contributed by atoms with Crippen molar-refractivity contribution in [2.75, 3.05) is 26.9 Å². The van der Waals surface area contributed by atoms with Crippen molar-refractivity contribution in [1.82, 2.24) is 5.32 Å². The molecule has 1 N–H and O–H groups in total. The minimum atomic E-state index is -0.730. The van der Waals surface area contributed by atoms with Crippen LogP contribution in [0.15, 0.2) is 11.8 Å². The molecule has 0 unspecified atom stereocenters. The molecule has 0 amide bonds. The van der Waals surface area contributed by atoms with Crippen LogP contribution in [0, 0.1) is 0 Å². The average molecular weight is 213 g/mol. The molecule has 5 nitrogen and oxygen atoms in total. The van der Waals surface area contributed by atoms with Crippen LogP contribution in [0.4, 0.5) is 0 Å². The Labute approximate surface area is 88.4 Å². The molecule has 2 aliphatic heterocycles. The van der Waals surface area contributed by atoms with Crippen molar-refractivity contribution in [1.29, 1.82) is 0 Å². The van der Waals surface area contributed by atoms with E-state index in [2.05, 4.69) is 10.1 Å². The highest BCUT2D eigenvalue weighted by Gasteiger charge is 2.43. The molecule has 0 aliphatic carbocycles. The van der Waals surface area contributed by atoms with Crippen molar-refractivity contribution in [3.63, 3.8) is 0 Å². The highest BCUT2D eigenvalue weighted by atomic mass is 16.7. The van der Waals surface area contributed by atoms with E-state index < -0.39 is 11.8 Å². The molecule has 1 spiro atoms. The molecule has 0 saturated carbocycles. The average Bonchev–Trinajstić information content (AvgIpc) is 2.63. The molecule has 2 aliphatic rings. The van der Waals surface area contributed by atoms with E-state index in [9.17, 15) is 4.79 Å². The molecule has 5 heteroatoms. The molecule has 15 heavy (non-hydrogen) atoms. The van der Waals surface area contributed by atoms with Gasteiger partial charge in [0.15, 0.2) is 0 Å². The quantitative estimate of drug-likeness (QED) is 0.497. The van der Waals surface area contributed by atoms with Gasteiger partial charge in [0, 0.05) is 19.0 Å². The van der Waals surface area contributed by atoms with Crippen molar-refractivity contribution in [3.8, 4) is 0 Å². The van der Waals surface area contributed by atoms with Crippen LogP contribution in [0.1, 0.15) is 12.8 Å². The van der Waals surface area contributed by atoms with E-state index in [1.54, 1.807) is 0 Å². The number of rotatable bonds is 1. The second kappa shape index (κ2) is 4.20. The SMILES string of the molecule is COC(=O)/C=C1/NCCC12OCCCO2. The predicted octanol–water partition coefficient (Wildman–Crippen LogP) is 0.170. The molecule has 2 rings (SSSR count). The number of carbonyl (C=O) groups excluding carboxylic acids is 1. The largest absolute Gasteiger partial charge is 0.466 e. The smallest absolute Gasteiger partial charge is 0.332 e. The Balaban J connectivity index is 2.16. The van der Waals surface area contributed by atoms with E-state index in [1.807, 2.05) is 0 Å². The summed E-state index contributed by atoms with van der Waals surface area (Å²) in [4.78, 5) is 11.1. The second-order valence-electron chi connectivity index (χ2n) is 3.56. The minimum absolute atomic E-state index is 0.392. The summed E-state index contributed by atoms with van der Waals surface area (Å²) in [7, 11) is 1.35. The normalized spacial score (nSPS) is 26.6. The van der Waals surface area contributed by atoms with Gasteiger partial charge in [0.1, 0.15) is 0 Å². The lowest BCUT2D eigenvalue weighted by atomic mass is 10.1. The molecule has 0 aromatic carbocycles. The van der Waals surface area contributed by atoms with Crippen molar-refractivity contribution in [3.05, 3.63) is 11.8 Å². The Morgan fingerprint density at radius 1 is 1.53 bits per heavy atom. The van der Waals surface area contributed by atoms with Crippen molar-refractivity contribution in [2.45, 2.75) is 18.6 Å². The summed E-state index contributed by atoms with van der Waals surface area (Å²) in [6, 6.07) is 0. The van der Waals surface area contributed by atoms with Gasteiger partial charge in [-0.05, 0) is 6.42 Å². The zero-order valence-corrected chi connectivity index (χ0v) is 8.75. The van der Waals surface area contributed by atoms with E-state index in [4.69, 9.17) is 9.47 Å². The lowest BCUT2D eigenvalue weighted by molar-refractivity contribution is -0.238. The maximum atomic E-state index is 11.1. The molecule has 2 heterocycles. The van der Waals surface area contributed by atoms with Crippen molar-refractivity contribution >= 4 is 5.97 Å². The first-order valence-corrected chi connectivity index (χ1v) is 5.09. The Hall–Kier alpha value is -1.07. The number of esters is 1. The fraction of sp³-hybridized carbons (Fsp3) is 0.700. The molecular weight excluding hydrogens is 198 g/mol. The summed E-state index contributed by atoms with van der Waals surface area (Å²) < 4.78 is 15.8. The molecule has 0 aromatic rings. The molecule has 0 bridgehead atoms. The second-order valence-corrected chi connectivity index (χ2v) is 3.56. The summed E-state index contributed by atoms with van der Waals surface area (Å²) in [5.41, 5.74) is 0.675. The Bertz CT molecular complexity index is 281. The first-order valence-electron chi connectivity index (χ1n) is 5.09. The molecular formula is C10H15NO4. The molecule has 84 valence electrons. The van der Waals surface area contributed by atoms with Gasteiger partial charge < -0.3 is 19.5 Å². The zero-order valence-electron chi connectivity index (χ0n) is 8.75. The summed E-state index contributed by atoms with van der Waals surface area (Å²) in [5.74, 6) is -1.12. The fourth-order valence-electron chi connectivity index (χ4n) is 1.84. The fourth-order valence-corrected chi connectivity index (χ4v) is 1.84. The number of ether oxygens (including phenoxy) is 3. The summed E-state index contributed by atoms with van der Waals surface area (Å²) in [6.45, 7) is 2.09. The van der Waals surface area contributed by atoms with Crippen LogP contribution in [-0.2, 0) is 19.0 Å². The van der Waals surface area contributed by atoms with Crippen LogP contribution < -0.4 is 5.32 Å². The van der Waals surface area contributed by atoms with Gasteiger partial charge in [-0.2, -0.15) is 0 Å². The first-order chi connectivity index (χ1) is 7.27. The highest BCUT2D eigenvalue weighted by Crippen LogP contribution is 2.33. The molecule has 0 atom stereocenters. The maximum Gasteiger partial charge on any atom is 0.332 e. The van der Waals surface area contributed by atoms with Gasteiger partial charge in [-0.1, -0.05) is 0 Å². The number of nitrogens with one attached hydrogen (secondary N) is 1. The summed E-state index contributed by atoms with van der Waals surface area (Å²) >= 11 is 0. The van der Waals surface area contributed by atoms with Gasteiger partial charge in [0.05, 0.1) is 26.0 Å². The van der Waals surface area contributed by atoms with E-state index in [0.29, 0.717) is 18.9 Å². The van der Waals surface area contributed by atoms with Crippen LogP contribution in [0.25, 0.3) is 0 Å². The lowest BCUT2D eigenvalue weighted by Gasteiger charge is -2.33. The maximum absolute atomic E-state index is 11.1. The van der Waals surface area contributed by atoms with Gasteiger partial charge >= 0.3 is 5.97 Å². The van der Waals surface area contributed by atoms with Crippen LogP contribution in [0.3, 0.4) is 0 Å². The van der Waals surface area contributed by atoms with E-state index in [1.165, 1.54) is 13.2 Å². The number of carbonyl (C=O) groups is 1. The number of hydrogen-bond acceptors (Lipinski definition) is 5. The Morgan fingerprint density at radius 3 is 2.93 bits per heavy atom. The van der Waals surface area contributed by atoms with Gasteiger partial charge in [-0.15, -0.1) is 0 Å². The predicted molar refractivity (Wildman–Crippen MR) is 52.0 cm³/mol. The summed E-state index contributed by atoms with van der Waals surface area (Å²) in [5, 5.41) is 3.09. The lowest BCUT2D eigenvalue weighted by Crippen LogP contribution is -2.41. The van der Waals surface area contributed by atoms with E-state index in [0.717, 1.165) is 19.4 Å². The van der Waals surface area contributed by atoms with Gasteiger partial charge in [0.2, 0.25) is 5.79 Å². The third kappa shape index (κ3) is 1.98. The van der Waals surface area contributed by atoms with Crippen molar-refractivity contribution < 1.29 is 19.0 Å². The molecule has 0 aromatic heterocycles. The van der Waals surface area contributed by atoms with Crippen LogP contribution in [0.2, 0.25) is 0 Å². The highest BCUT2D eigenvalue weighted by molar-refractivity contribution is 5.83. The third-order valence-corrected chi connectivity index (χ3v) is 2.60. The standard InChI is InChI=1S/C10H15NO4/c1-13-9(12)7-8-10(3-4-11-8)14-5-2-6-15-10/h7,11H,2-6H2,1H3/b8-7+. The van der Waals surface area contributed by atoms with E-state index in [-0.39, 0.29) is 0 Å². The Kier molecular flexibility index (Phi) is 2.93. The summed E-state index contributed by atoms with van der Waals surface area (Å²) in [6.07, 6.45) is 3.03. The minimum Gasteiger partial charge on any atom is -0.466 e. The number of methoxy groups -OCH3 is 1. The number of hydrogen-bond donors (Lipinski definition) is 1. The van der Waals surface area contributed by atoms with Gasteiger partial charge in [-0.3, -0.25) is 0 Å². The Morgan fingerprint density at radius 2 is 2.27 bits per heavy atom. The van der Waals surface area contributed by atoms with Crippen LogP contribution in [-0.4, -0.2) is 38.6 Å². The first kappa shape index (κ1) is 10.4. The topological polar surface area (TPSA) is 56.8 Å². The van der Waals surface area contributed by atoms with Crippen LogP contribution in [0.5, 0.6) is 0 Å². The molecule has 0 radical (unpaired) electrons. The van der Waals surface area contributed by atoms with Gasteiger partial charge in [-0.25, -0.2) is 4.79 Å². The van der Waals surface area contributed by atoms with E-state index >= 15 is 0 Å². The van der Waals surface area contributed by atoms with Gasteiger partial charge in [0.25, 0.3) is 0 Å². The van der Waals surface area contributed by atoms with Crippen molar-refractivity contribution in [2.24, 2.45) is 0 Å².